The van der Waals surface area contributed by atoms with E-state index < -0.39 is 16.0 Å². The van der Waals surface area contributed by atoms with Gasteiger partial charge in [0, 0.05) is 29.1 Å². The molecule has 8 nitrogen and oxygen atoms in total. The molecule has 0 bridgehead atoms. The Morgan fingerprint density at radius 1 is 1.06 bits per heavy atom. The molecule has 2 heterocycles. The molecule has 1 aliphatic rings. The average Bonchev–Trinajstić information content (AvgIpc) is 3.59. The van der Waals surface area contributed by atoms with Crippen LogP contribution in [-0.4, -0.2) is 29.6 Å². The fraction of sp³-hybridized carbons (Fsp3) is 0.160. The molecule has 1 fully saturated rings. The van der Waals surface area contributed by atoms with Crippen molar-refractivity contribution < 1.29 is 22.8 Å². The van der Waals surface area contributed by atoms with E-state index in [9.17, 15) is 18.3 Å². The Labute approximate surface area is 196 Å². The minimum atomic E-state index is -4.10. The molecule has 0 atom stereocenters. The van der Waals surface area contributed by atoms with Crippen molar-refractivity contribution in [2.75, 3.05) is 4.72 Å². The van der Waals surface area contributed by atoms with Crippen molar-refractivity contribution in [2.24, 2.45) is 0 Å². The van der Waals surface area contributed by atoms with E-state index in [1.54, 1.807) is 43.7 Å². The van der Waals surface area contributed by atoms with Gasteiger partial charge in [0.05, 0.1) is 22.3 Å². The normalized spacial score (nSPS) is 13.6. The Bertz CT molecular complexity index is 1490. The highest BCUT2D eigenvalue weighted by atomic mass is 32.2. The Morgan fingerprint density at radius 3 is 2.53 bits per heavy atom. The molecule has 34 heavy (non-hydrogen) atoms. The highest BCUT2D eigenvalue weighted by molar-refractivity contribution is 7.92. The molecule has 5 rings (SSSR count). The molecule has 1 saturated carbocycles. The summed E-state index contributed by atoms with van der Waals surface area (Å²) < 4.78 is 35.1. The van der Waals surface area contributed by atoms with Crippen LogP contribution in [0.15, 0.2) is 76.5 Å². The number of anilines is 1. The van der Waals surface area contributed by atoms with Gasteiger partial charge in [-0.25, -0.2) is 13.2 Å². The molecule has 0 spiro atoms. The quantitative estimate of drug-likeness (QED) is 0.382. The number of aromatic nitrogens is 2. The van der Waals surface area contributed by atoms with Crippen LogP contribution in [0, 0.1) is 6.92 Å². The topological polar surface area (TPSA) is 122 Å². The molecule has 0 unspecified atom stereocenters. The third-order valence-corrected chi connectivity index (χ3v) is 7.29. The molecule has 0 amide bonds. The first-order valence-electron chi connectivity index (χ1n) is 10.7. The van der Waals surface area contributed by atoms with Crippen LogP contribution in [-0.2, 0) is 10.0 Å². The highest BCUT2D eigenvalue weighted by Gasteiger charge is 2.31. The number of sulfonamides is 1. The van der Waals surface area contributed by atoms with Gasteiger partial charge in [-0.15, -0.1) is 0 Å². The van der Waals surface area contributed by atoms with E-state index in [4.69, 9.17) is 4.52 Å². The average molecular weight is 476 g/mol. The number of benzene rings is 2. The second-order valence-corrected chi connectivity index (χ2v) is 9.89. The zero-order valence-electron chi connectivity index (χ0n) is 18.2. The van der Waals surface area contributed by atoms with E-state index in [0.29, 0.717) is 22.6 Å². The van der Waals surface area contributed by atoms with Gasteiger partial charge in [0.15, 0.2) is 0 Å². The maximum absolute atomic E-state index is 13.6. The molecule has 0 saturated heterocycles. The van der Waals surface area contributed by atoms with Crippen LogP contribution >= 0.6 is 0 Å². The lowest BCUT2D eigenvalue weighted by Gasteiger charge is -2.17. The summed E-state index contributed by atoms with van der Waals surface area (Å²) in [4.78, 5) is 15.7. The third kappa shape index (κ3) is 4.17. The highest BCUT2D eigenvalue weighted by Crippen LogP contribution is 2.44. The first kappa shape index (κ1) is 21.8. The molecule has 2 aromatic heterocycles. The second-order valence-electron chi connectivity index (χ2n) is 8.24. The molecule has 9 heteroatoms. The van der Waals surface area contributed by atoms with Gasteiger partial charge in [0.25, 0.3) is 10.0 Å². The van der Waals surface area contributed by atoms with Crippen molar-refractivity contribution in [1.82, 2.24) is 10.1 Å². The largest absolute Gasteiger partial charge is 0.478 e. The third-order valence-electron chi connectivity index (χ3n) is 5.87. The summed E-state index contributed by atoms with van der Waals surface area (Å²) in [6.45, 7) is 1.78. The van der Waals surface area contributed by atoms with Crippen molar-refractivity contribution in [3.63, 3.8) is 0 Å². The number of hydrogen-bond acceptors (Lipinski definition) is 6. The van der Waals surface area contributed by atoms with Gasteiger partial charge in [-0.3, -0.25) is 9.71 Å². The van der Waals surface area contributed by atoms with Gasteiger partial charge in [-0.05, 0) is 61.1 Å². The van der Waals surface area contributed by atoms with E-state index in [-0.39, 0.29) is 16.4 Å². The Kier molecular flexibility index (Phi) is 5.41. The number of nitrogens with zero attached hydrogens (tertiary/aromatic N) is 2. The number of hydrogen-bond donors (Lipinski definition) is 2. The lowest BCUT2D eigenvalue weighted by molar-refractivity contribution is 0.0696. The van der Waals surface area contributed by atoms with Gasteiger partial charge >= 0.3 is 5.97 Å². The minimum Gasteiger partial charge on any atom is -0.478 e. The summed E-state index contributed by atoms with van der Waals surface area (Å²) in [5.74, 6) is -0.467. The summed E-state index contributed by atoms with van der Waals surface area (Å²) in [5.41, 5.74) is 3.73. The van der Waals surface area contributed by atoms with Gasteiger partial charge in [0.1, 0.15) is 5.76 Å². The van der Waals surface area contributed by atoms with E-state index in [1.165, 1.54) is 12.1 Å². The maximum Gasteiger partial charge on any atom is 0.335 e. The Hall–Kier alpha value is -3.98. The molecule has 1 aliphatic carbocycles. The smallest absolute Gasteiger partial charge is 0.335 e. The number of carboxylic acid groups (broad SMARTS) is 1. The van der Waals surface area contributed by atoms with Gasteiger partial charge in [0.2, 0.25) is 0 Å². The predicted molar refractivity (Wildman–Crippen MR) is 126 cm³/mol. The van der Waals surface area contributed by atoms with E-state index in [2.05, 4.69) is 14.9 Å². The molecular weight excluding hydrogens is 454 g/mol. The van der Waals surface area contributed by atoms with E-state index in [1.807, 2.05) is 18.2 Å². The zero-order valence-corrected chi connectivity index (χ0v) is 19.0. The fourth-order valence-electron chi connectivity index (χ4n) is 3.98. The summed E-state index contributed by atoms with van der Waals surface area (Å²) in [6, 6.07) is 13.3. The number of pyridine rings is 1. The van der Waals surface area contributed by atoms with Crippen molar-refractivity contribution in [3.8, 4) is 22.3 Å². The Morgan fingerprint density at radius 2 is 1.88 bits per heavy atom. The first-order valence-corrected chi connectivity index (χ1v) is 12.2. The van der Waals surface area contributed by atoms with Crippen molar-refractivity contribution in [2.45, 2.75) is 30.6 Å². The van der Waals surface area contributed by atoms with Gasteiger partial charge < -0.3 is 9.63 Å². The molecule has 172 valence electrons. The summed E-state index contributed by atoms with van der Waals surface area (Å²) >= 11 is 0. The van der Waals surface area contributed by atoms with Crippen LogP contribution in [0.3, 0.4) is 0 Å². The van der Waals surface area contributed by atoms with Crippen LogP contribution in [0.1, 0.15) is 40.4 Å². The van der Waals surface area contributed by atoms with Crippen molar-refractivity contribution in [1.29, 1.82) is 0 Å². The van der Waals surface area contributed by atoms with Gasteiger partial charge in [-0.2, -0.15) is 0 Å². The summed E-state index contributed by atoms with van der Waals surface area (Å²) in [5, 5.41) is 13.2. The standard InChI is InChI=1S/C25H21N3O5S/c1-15-22(14-27-33-15)17-6-8-20(19-3-2-10-26-13-19)23(11-17)28-34(31,32)24-12-18(25(29)30)7-9-21(24)16-4-5-16/h2-3,6-14,16,28H,4-5H2,1H3,(H,29,30). The van der Waals surface area contributed by atoms with Crippen LogP contribution < -0.4 is 4.72 Å². The lowest BCUT2D eigenvalue weighted by Crippen LogP contribution is -2.16. The number of aryl methyl sites for hydroxylation is 1. The van der Waals surface area contributed by atoms with Crippen molar-refractivity contribution >= 4 is 21.7 Å². The fourth-order valence-corrected chi connectivity index (χ4v) is 5.37. The molecular formula is C25H21N3O5S. The van der Waals surface area contributed by atoms with Crippen LogP contribution in [0.25, 0.3) is 22.3 Å². The lowest BCUT2D eigenvalue weighted by atomic mass is 10.00. The monoisotopic (exact) mass is 475 g/mol. The minimum absolute atomic E-state index is 0.0152. The molecule has 2 N–H and O–H groups in total. The molecule has 0 aliphatic heterocycles. The Balaban J connectivity index is 1.64. The second kappa shape index (κ2) is 8.42. The first-order chi connectivity index (χ1) is 16.3. The molecule has 0 radical (unpaired) electrons. The maximum atomic E-state index is 13.6. The zero-order chi connectivity index (χ0) is 23.9. The van der Waals surface area contributed by atoms with Crippen LogP contribution in [0.2, 0.25) is 0 Å². The molecule has 2 aromatic carbocycles. The molecule has 4 aromatic rings. The van der Waals surface area contributed by atoms with E-state index in [0.717, 1.165) is 29.5 Å². The summed E-state index contributed by atoms with van der Waals surface area (Å²) in [7, 11) is -4.10. The van der Waals surface area contributed by atoms with Crippen molar-refractivity contribution in [3.05, 3.63) is 84.0 Å². The number of aromatic carboxylic acids is 1. The van der Waals surface area contributed by atoms with Crippen LogP contribution in [0.5, 0.6) is 0 Å². The summed E-state index contributed by atoms with van der Waals surface area (Å²) in [6.07, 6.45) is 6.62. The van der Waals surface area contributed by atoms with E-state index >= 15 is 0 Å². The van der Waals surface area contributed by atoms with Gasteiger partial charge in [-0.1, -0.05) is 29.4 Å². The number of carboxylic acids is 1. The van der Waals surface area contributed by atoms with Crippen LogP contribution in [0.4, 0.5) is 5.69 Å². The number of nitrogens with one attached hydrogen (secondary N) is 1. The SMILES string of the molecule is Cc1oncc1-c1ccc(-c2cccnc2)c(NS(=O)(=O)c2cc(C(=O)O)ccc2C2CC2)c1. The number of rotatable bonds is 7. The predicted octanol–water partition coefficient (Wildman–Crippen LogP) is 5.09. The number of carbonyl (C=O) groups is 1.